The van der Waals surface area contributed by atoms with Crippen molar-refractivity contribution in [3.63, 3.8) is 0 Å². The Hall–Kier alpha value is -4.44. The molecule has 11 nitrogen and oxygen atoms in total. The fourth-order valence-electron chi connectivity index (χ4n) is 6.65. The van der Waals surface area contributed by atoms with E-state index < -0.39 is 21.8 Å². The van der Waals surface area contributed by atoms with Gasteiger partial charge in [-0.25, -0.2) is 13.2 Å². The molecule has 3 aromatic carbocycles. The lowest BCUT2D eigenvalue weighted by molar-refractivity contribution is -0.132. The van der Waals surface area contributed by atoms with Gasteiger partial charge in [-0.1, -0.05) is 37.3 Å². The topological polar surface area (TPSA) is 130 Å². The molecule has 2 atom stereocenters. The highest BCUT2D eigenvalue weighted by Crippen LogP contribution is 2.29. The number of carbonyl (C=O) groups is 1. The Morgan fingerprint density at radius 1 is 0.978 bits per heavy atom. The van der Waals surface area contributed by atoms with Crippen molar-refractivity contribution in [2.75, 3.05) is 39.8 Å². The Morgan fingerprint density at radius 3 is 2.33 bits per heavy atom. The minimum atomic E-state index is -4.41. The van der Waals surface area contributed by atoms with Crippen molar-refractivity contribution in [1.82, 2.24) is 23.7 Å². The number of ether oxygens (including phenoxy) is 1. The first-order valence-corrected chi connectivity index (χ1v) is 17.1. The number of fused-ring (bicyclic) bond motifs is 1. The van der Waals surface area contributed by atoms with Crippen molar-refractivity contribution in [1.29, 1.82) is 5.26 Å². The van der Waals surface area contributed by atoms with Gasteiger partial charge in [0.15, 0.2) is 0 Å². The predicted molar refractivity (Wildman–Crippen MR) is 174 cm³/mol. The maximum atomic E-state index is 14.5. The fourth-order valence-corrected chi connectivity index (χ4v) is 8.05. The zero-order chi connectivity index (χ0) is 32.4. The summed E-state index contributed by atoms with van der Waals surface area (Å²) in [6.07, 6.45) is 2.90. The molecule has 46 heavy (non-hydrogen) atoms. The van der Waals surface area contributed by atoms with Gasteiger partial charge in [0.2, 0.25) is 0 Å². The third kappa shape index (κ3) is 5.93. The number of aromatic nitrogens is 2. The van der Waals surface area contributed by atoms with E-state index in [2.05, 4.69) is 23.2 Å². The standard InChI is InChI=1S/C34H38N6O5S/c1-3-37-18-15-26(16-19-37)36-27-17-20-38(23-27)33(41)32(25-7-5-4-6-8-25)39-31-21-24(22-35)9-14-30(31)40(34(39)42)46(43,44)29-12-10-28(45-2)11-13-29/h4-14,21,26-27,32,36H,3,15-20,23H2,1-2H3/t27-,32?/m0/s1. The van der Waals surface area contributed by atoms with E-state index in [4.69, 9.17) is 4.74 Å². The summed E-state index contributed by atoms with van der Waals surface area (Å²) in [6.45, 7) is 6.32. The number of hydrogen-bond donors (Lipinski definition) is 1. The van der Waals surface area contributed by atoms with E-state index in [0.29, 0.717) is 30.4 Å². The second kappa shape index (κ2) is 13.1. The molecule has 0 bridgehead atoms. The number of rotatable bonds is 9. The Labute approximate surface area is 268 Å². The SMILES string of the molecule is CCN1CCC(N[C@H]2CCN(C(=O)C(c3ccccc3)n3c(=O)n(S(=O)(=O)c4ccc(OC)cc4)c4ccc(C#N)cc43)C2)CC1. The molecule has 12 heteroatoms. The quantitative estimate of drug-likeness (QED) is 0.295. The van der Waals surface area contributed by atoms with Crippen LogP contribution in [0.1, 0.15) is 43.4 Å². The molecule has 1 amide bonds. The number of benzene rings is 3. The molecule has 0 aliphatic carbocycles. The van der Waals surface area contributed by atoms with Crippen LogP contribution < -0.4 is 15.7 Å². The first-order valence-electron chi connectivity index (χ1n) is 15.6. The van der Waals surface area contributed by atoms with Crippen LogP contribution >= 0.6 is 0 Å². The molecule has 2 aliphatic heterocycles. The molecule has 2 fully saturated rings. The molecular formula is C34H38N6O5S. The van der Waals surface area contributed by atoms with Crippen LogP contribution in [-0.2, 0) is 14.8 Å². The molecule has 3 heterocycles. The molecular weight excluding hydrogens is 604 g/mol. The van der Waals surface area contributed by atoms with E-state index in [-0.39, 0.29) is 33.4 Å². The second-order valence-corrected chi connectivity index (χ2v) is 13.7. The van der Waals surface area contributed by atoms with Crippen molar-refractivity contribution >= 4 is 27.0 Å². The number of nitrogens with one attached hydrogen (secondary N) is 1. The number of nitrogens with zero attached hydrogens (tertiary/aromatic N) is 5. The maximum absolute atomic E-state index is 14.5. The predicted octanol–water partition coefficient (Wildman–Crippen LogP) is 3.18. The molecule has 1 unspecified atom stereocenters. The lowest BCUT2D eigenvalue weighted by Crippen LogP contribution is -2.47. The van der Waals surface area contributed by atoms with Crippen molar-refractivity contribution in [3.8, 4) is 11.8 Å². The highest BCUT2D eigenvalue weighted by Gasteiger charge is 2.37. The number of amides is 1. The molecule has 2 saturated heterocycles. The largest absolute Gasteiger partial charge is 0.497 e. The first-order chi connectivity index (χ1) is 22.2. The van der Waals surface area contributed by atoms with Crippen LogP contribution in [0, 0.1) is 11.3 Å². The van der Waals surface area contributed by atoms with Gasteiger partial charge in [0.25, 0.3) is 15.9 Å². The summed E-state index contributed by atoms with van der Waals surface area (Å²) < 4.78 is 35.2. The van der Waals surface area contributed by atoms with E-state index in [9.17, 15) is 23.3 Å². The smallest absolute Gasteiger partial charge is 0.344 e. The molecule has 0 saturated carbocycles. The van der Waals surface area contributed by atoms with E-state index in [1.54, 1.807) is 29.2 Å². The van der Waals surface area contributed by atoms with Gasteiger partial charge in [0.1, 0.15) is 11.8 Å². The normalized spacial score (nSPS) is 18.5. The molecule has 1 aromatic heterocycles. The number of nitriles is 1. The average Bonchev–Trinajstić information content (AvgIpc) is 3.67. The zero-order valence-electron chi connectivity index (χ0n) is 26.0. The van der Waals surface area contributed by atoms with E-state index in [0.717, 1.165) is 42.9 Å². The van der Waals surface area contributed by atoms with Gasteiger partial charge >= 0.3 is 5.69 Å². The van der Waals surface area contributed by atoms with Crippen LogP contribution in [-0.4, -0.2) is 84.6 Å². The van der Waals surface area contributed by atoms with Crippen LogP contribution in [0.2, 0.25) is 0 Å². The Balaban J connectivity index is 1.41. The molecule has 0 spiro atoms. The number of likely N-dealkylation sites (tertiary alicyclic amines) is 2. The summed E-state index contributed by atoms with van der Waals surface area (Å²) in [5.74, 6) is 0.161. The van der Waals surface area contributed by atoms with Crippen LogP contribution in [0.3, 0.4) is 0 Å². The Bertz CT molecular complexity index is 1920. The van der Waals surface area contributed by atoms with Crippen LogP contribution in [0.5, 0.6) is 5.75 Å². The lowest BCUT2D eigenvalue weighted by Gasteiger charge is -2.33. The highest BCUT2D eigenvalue weighted by molar-refractivity contribution is 7.90. The number of methoxy groups -OCH3 is 1. The summed E-state index contributed by atoms with van der Waals surface area (Å²) in [4.78, 5) is 33.0. The fraction of sp³-hybridized carbons (Fsp3) is 0.382. The lowest BCUT2D eigenvalue weighted by atomic mass is 10.0. The van der Waals surface area contributed by atoms with Gasteiger partial charge in [0, 0.05) is 25.2 Å². The minimum Gasteiger partial charge on any atom is -0.497 e. The summed E-state index contributed by atoms with van der Waals surface area (Å²) >= 11 is 0. The van der Waals surface area contributed by atoms with Crippen molar-refractivity contribution in [3.05, 3.63) is 94.4 Å². The number of imidazole rings is 1. The van der Waals surface area contributed by atoms with E-state index in [1.807, 2.05) is 6.07 Å². The van der Waals surface area contributed by atoms with Crippen LogP contribution in [0.25, 0.3) is 11.0 Å². The highest BCUT2D eigenvalue weighted by atomic mass is 32.2. The van der Waals surface area contributed by atoms with Gasteiger partial charge in [0.05, 0.1) is 34.7 Å². The molecule has 240 valence electrons. The van der Waals surface area contributed by atoms with Crippen molar-refractivity contribution < 1.29 is 17.9 Å². The average molecular weight is 643 g/mol. The van der Waals surface area contributed by atoms with Gasteiger partial charge in [-0.05, 0) is 86.9 Å². The summed E-state index contributed by atoms with van der Waals surface area (Å²) in [7, 11) is -2.93. The van der Waals surface area contributed by atoms with Gasteiger partial charge in [-0.15, -0.1) is 0 Å². The molecule has 6 rings (SSSR count). The number of piperidine rings is 1. The first kappa shape index (κ1) is 31.5. The van der Waals surface area contributed by atoms with Gasteiger partial charge in [-0.3, -0.25) is 9.36 Å². The summed E-state index contributed by atoms with van der Waals surface area (Å²) in [5.41, 5.74) is 0.146. The van der Waals surface area contributed by atoms with E-state index >= 15 is 0 Å². The molecule has 0 radical (unpaired) electrons. The maximum Gasteiger partial charge on any atom is 0.344 e. The Morgan fingerprint density at radius 2 is 1.67 bits per heavy atom. The van der Waals surface area contributed by atoms with Crippen molar-refractivity contribution in [2.45, 2.75) is 49.2 Å². The number of hydrogen-bond acceptors (Lipinski definition) is 8. The Kier molecular flexibility index (Phi) is 8.99. The molecule has 4 aromatic rings. The summed E-state index contributed by atoms with van der Waals surface area (Å²) in [6, 6.07) is 20.5. The molecule has 2 aliphatic rings. The van der Waals surface area contributed by atoms with Crippen molar-refractivity contribution in [2.24, 2.45) is 0 Å². The second-order valence-electron chi connectivity index (χ2n) is 11.9. The number of carbonyl (C=O) groups excluding carboxylic acids is 1. The van der Waals surface area contributed by atoms with Gasteiger partial charge in [-0.2, -0.15) is 9.23 Å². The third-order valence-electron chi connectivity index (χ3n) is 9.17. The zero-order valence-corrected chi connectivity index (χ0v) is 26.8. The van der Waals surface area contributed by atoms with Crippen LogP contribution in [0.4, 0.5) is 0 Å². The van der Waals surface area contributed by atoms with Crippen LogP contribution in [0.15, 0.2) is 82.5 Å². The minimum absolute atomic E-state index is 0.0768. The summed E-state index contributed by atoms with van der Waals surface area (Å²) in [5, 5.41) is 13.5. The molecule has 1 N–H and O–H groups in total. The monoisotopic (exact) mass is 642 g/mol. The van der Waals surface area contributed by atoms with Gasteiger partial charge < -0.3 is 19.9 Å². The third-order valence-corrected chi connectivity index (χ3v) is 10.9. The van der Waals surface area contributed by atoms with E-state index in [1.165, 1.54) is 54.1 Å².